The summed E-state index contributed by atoms with van der Waals surface area (Å²) in [4.78, 5) is 37.6. The standard InChI is InChI=1S/C31H41FN4O5/c1-2-20-7-6-8-22(13-20)31(10-11-31)34-19-27(37)25-16-21-14-23(32)17-24(15-21)41-12-5-3-4-9-29(39)35-26(18-28(33)38)30(40)36-25/h6-8,13-15,17,25-27,34,37H,2-5,9-12,16,18-19H2,1H3,(H2,33,38)(H,35,39)(H,36,40)/t25?,26?,27-/m1/s1. The number of aliphatic hydroxyl groups excluding tert-OH is 1. The first-order valence-electron chi connectivity index (χ1n) is 14.5. The maximum atomic E-state index is 14.5. The number of benzene rings is 2. The normalized spacial score (nSPS) is 22.1. The summed E-state index contributed by atoms with van der Waals surface area (Å²) >= 11 is 0. The lowest BCUT2D eigenvalue weighted by Gasteiger charge is -2.29. The molecule has 41 heavy (non-hydrogen) atoms. The number of halogens is 1. The van der Waals surface area contributed by atoms with Gasteiger partial charge in [0.15, 0.2) is 0 Å². The molecule has 2 aromatic carbocycles. The maximum Gasteiger partial charge on any atom is 0.243 e. The molecule has 2 bridgehead atoms. The van der Waals surface area contributed by atoms with E-state index >= 15 is 0 Å². The van der Waals surface area contributed by atoms with Crippen molar-refractivity contribution in [2.75, 3.05) is 13.2 Å². The van der Waals surface area contributed by atoms with Crippen LogP contribution in [0.15, 0.2) is 42.5 Å². The molecule has 3 amide bonds. The van der Waals surface area contributed by atoms with Gasteiger partial charge in [-0.1, -0.05) is 31.2 Å². The van der Waals surface area contributed by atoms with E-state index in [0.717, 1.165) is 24.8 Å². The summed E-state index contributed by atoms with van der Waals surface area (Å²) < 4.78 is 20.3. The molecule has 2 aromatic rings. The summed E-state index contributed by atoms with van der Waals surface area (Å²) in [5.41, 5.74) is 8.04. The highest BCUT2D eigenvalue weighted by atomic mass is 19.1. The molecule has 0 spiro atoms. The van der Waals surface area contributed by atoms with Gasteiger partial charge in [-0.05, 0) is 73.8 Å². The van der Waals surface area contributed by atoms with E-state index in [2.05, 4.69) is 41.1 Å². The second kappa shape index (κ2) is 13.9. The summed E-state index contributed by atoms with van der Waals surface area (Å²) in [6.45, 7) is 2.63. The number of aryl methyl sites for hydroxylation is 1. The molecule has 2 unspecified atom stereocenters. The van der Waals surface area contributed by atoms with Gasteiger partial charge < -0.3 is 31.5 Å². The van der Waals surface area contributed by atoms with Gasteiger partial charge in [0.25, 0.3) is 0 Å². The number of carbonyl (C=O) groups is 3. The first-order chi connectivity index (χ1) is 19.7. The Balaban J connectivity index is 1.56. The average Bonchev–Trinajstić information content (AvgIpc) is 3.73. The fourth-order valence-corrected chi connectivity index (χ4v) is 5.30. The number of hydrogen-bond acceptors (Lipinski definition) is 6. The molecule has 0 aromatic heterocycles. The summed E-state index contributed by atoms with van der Waals surface area (Å²) in [6.07, 6.45) is 3.50. The number of hydrogen-bond donors (Lipinski definition) is 5. The van der Waals surface area contributed by atoms with E-state index in [1.165, 1.54) is 17.7 Å². The van der Waals surface area contributed by atoms with Crippen LogP contribution in [0.5, 0.6) is 5.75 Å². The number of fused-ring (bicyclic) bond motifs is 2. The SMILES string of the molecule is CCc1cccc(C2(NC[C@@H](O)C3Cc4cc(F)cc(c4)OCCCCCC(=O)NC(CC(N)=O)C(=O)N3)CC2)c1. The second-order valence-electron chi connectivity index (χ2n) is 11.1. The number of nitrogens with one attached hydrogen (secondary N) is 3. The second-order valence-corrected chi connectivity index (χ2v) is 11.1. The van der Waals surface area contributed by atoms with Crippen molar-refractivity contribution in [3.63, 3.8) is 0 Å². The third-order valence-electron chi connectivity index (χ3n) is 7.84. The minimum atomic E-state index is -1.19. The van der Waals surface area contributed by atoms with E-state index in [-0.39, 0.29) is 37.3 Å². The van der Waals surface area contributed by atoms with Crippen molar-refractivity contribution in [2.45, 2.75) is 88.4 Å². The van der Waals surface area contributed by atoms with Gasteiger partial charge in [-0.2, -0.15) is 0 Å². The van der Waals surface area contributed by atoms with Crippen LogP contribution in [0, 0.1) is 5.82 Å². The molecule has 10 heteroatoms. The molecule has 1 heterocycles. The highest BCUT2D eigenvalue weighted by molar-refractivity contribution is 5.91. The minimum Gasteiger partial charge on any atom is -0.493 e. The Kier molecular flexibility index (Phi) is 10.3. The van der Waals surface area contributed by atoms with Crippen molar-refractivity contribution in [1.29, 1.82) is 0 Å². The molecule has 9 nitrogen and oxygen atoms in total. The Labute approximate surface area is 240 Å². The van der Waals surface area contributed by atoms with E-state index in [0.29, 0.717) is 37.2 Å². The first kappa shape index (κ1) is 30.5. The molecule has 0 saturated heterocycles. The number of rotatable bonds is 8. The maximum absolute atomic E-state index is 14.5. The molecule has 1 saturated carbocycles. The van der Waals surface area contributed by atoms with Gasteiger partial charge in [0.2, 0.25) is 17.7 Å². The molecular formula is C31H41FN4O5. The Morgan fingerprint density at radius 3 is 2.71 bits per heavy atom. The topological polar surface area (TPSA) is 143 Å². The average molecular weight is 569 g/mol. The summed E-state index contributed by atoms with van der Waals surface area (Å²) in [7, 11) is 0. The van der Waals surface area contributed by atoms with E-state index in [1.807, 2.05) is 6.07 Å². The van der Waals surface area contributed by atoms with Crippen molar-refractivity contribution in [2.24, 2.45) is 5.73 Å². The van der Waals surface area contributed by atoms with Gasteiger partial charge in [-0.25, -0.2) is 4.39 Å². The molecular weight excluding hydrogens is 527 g/mol. The molecule has 0 radical (unpaired) electrons. The lowest BCUT2D eigenvalue weighted by Crippen LogP contribution is -2.56. The largest absolute Gasteiger partial charge is 0.493 e. The molecule has 222 valence electrons. The number of primary amides is 1. The van der Waals surface area contributed by atoms with Crippen LogP contribution in [0.4, 0.5) is 4.39 Å². The van der Waals surface area contributed by atoms with Crippen molar-refractivity contribution >= 4 is 17.7 Å². The van der Waals surface area contributed by atoms with Crippen LogP contribution in [0.3, 0.4) is 0 Å². The number of carbonyl (C=O) groups excluding carboxylic acids is 3. The van der Waals surface area contributed by atoms with E-state index in [9.17, 15) is 23.9 Å². The molecule has 2 aliphatic rings. The lowest BCUT2D eigenvalue weighted by atomic mass is 9.98. The van der Waals surface area contributed by atoms with Crippen LogP contribution in [-0.4, -0.2) is 54.2 Å². The van der Waals surface area contributed by atoms with Crippen molar-refractivity contribution < 1.29 is 28.6 Å². The Morgan fingerprint density at radius 2 is 1.98 bits per heavy atom. The Bertz CT molecular complexity index is 1230. The first-order valence-corrected chi connectivity index (χ1v) is 14.5. The Morgan fingerprint density at radius 1 is 1.17 bits per heavy atom. The zero-order valence-electron chi connectivity index (χ0n) is 23.6. The van der Waals surface area contributed by atoms with Gasteiger partial charge in [0.05, 0.1) is 25.2 Å². The third kappa shape index (κ3) is 8.74. The van der Waals surface area contributed by atoms with Crippen molar-refractivity contribution in [3.05, 3.63) is 65.0 Å². The molecule has 1 aliphatic carbocycles. The van der Waals surface area contributed by atoms with Gasteiger partial charge >= 0.3 is 0 Å². The number of ether oxygens (including phenoxy) is 1. The quantitative estimate of drug-likeness (QED) is 0.331. The zero-order chi connectivity index (χ0) is 29.4. The highest BCUT2D eigenvalue weighted by Gasteiger charge is 2.44. The fourth-order valence-electron chi connectivity index (χ4n) is 5.30. The van der Waals surface area contributed by atoms with Gasteiger partial charge in [-0.3, -0.25) is 14.4 Å². The molecule has 3 atom stereocenters. The fraction of sp³-hybridized carbons (Fsp3) is 0.516. The van der Waals surface area contributed by atoms with Crippen LogP contribution in [0.25, 0.3) is 0 Å². The van der Waals surface area contributed by atoms with Gasteiger partial charge in [0, 0.05) is 24.6 Å². The third-order valence-corrected chi connectivity index (χ3v) is 7.84. The predicted molar refractivity (Wildman–Crippen MR) is 152 cm³/mol. The van der Waals surface area contributed by atoms with E-state index < -0.39 is 35.8 Å². The smallest absolute Gasteiger partial charge is 0.243 e. The minimum absolute atomic E-state index is 0.0955. The number of aliphatic hydroxyl groups is 1. The van der Waals surface area contributed by atoms with Crippen molar-refractivity contribution in [1.82, 2.24) is 16.0 Å². The van der Waals surface area contributed by atoms with E-state index in [1.54, 1.807) is 6.07 Å². The molecule has 6 N–H and O–H groups in total. The Hall–Kier alpha value is -3.50. The van der Waals surface area contributed by atoms with Crippen LogP contribution >= 0.6 is 0 Å². The van der Waals surface area contributed by atoms with Gasteiger partial charge in [-0.15, -0.1) is 0 Å². The molecule has 1 aliphatic heterocycles. The van der Waals surface area contributed by atoms with Crippen molar-refractivity contribution in [3.8, 4) is 5.75 Å². The lowest BCUT2D eigenvalue weighted by molar-refractivity contribution is -0.132. The summed E-state index contributed by atoms with van der Waals surface area (Å²) in [6, 6.07) is 10.7. The molecule has 1 fully saturated rings. The molecule has 4 rings (SSSR count). The number of nitrogens with two attached hydrogens (primary N) is 1. The van der Waals surface area contributed by atoms with Crippen LogP contribution in [-0.2, 0) is 32.8 Å². The zero-order valence-corrected chi connectivity index (χ0v) is 23.6. The van der Waals surface area contributed by atoms with Crippen LogP contribution in [0.2, 0.25) is 0 Å². The van der Waals surface area contributed by atoms with Crippen LogP contribution in [0.1, 0.15) is 68.6 Å². The van der Waals surface area contributed by atoms with Gasteiger partial charge in [0.1, 0.15) is 17.6 Å². The van der Waals surface area contributed by atoms with E-state index in [4.69, 9.17) is 10.5 Å². The summed E-state index contributed by atoms with van der Waals surface area (Å²) in [5.74, 6) is -1.87. The highest BCUT2D eigenvalue weighted by Crippen LogP contribution is 2.45. The summed E-state index contributed by atoms with van der Waals surface area (Å²) in [5, 5.41) is 20.3. The predicted octanol–water partition coefficient (Wildman–Crippen LogP) is 2.37. The van der Waals surface area contributed by atoms with Crippen LogP contribution < -0.4 is 26.4 Å². The number of amides is 3. The monoisotopic (exact) mass is 568 g/mol.